The molecule has 0 radical (unpaired) electrons. The molecule has 4 nitrogen and oxygen atoms in total. The van der Waals surface area contributed by atoms with Crippen molar-refractivity contribution in [3.8, 4) is 0 Å². The van der Waals surface area contributed by atoms with Gasteiger partial charge >= 0.3 is 0 Å². The minimum Gasteiger partial charge on any atom is -0.355 e. The van der Waals surface area contributed by atoms with Crippen molar-refractivity contribution < 1.29 is 14.0 Å². The zero-order valence-electron chi connectivity index (χ0n) is 13.0. The normalized spacial score (nSPS) is 11.3. The highest BCUT2D eigenvalue weighted by Crippen LogP contribution is 2.15. The molecule has 5 heteroatoms. The van der Waals surface area contributed by atoms with Crippen LogP contribution in [-0.4, -0.2) is 24.4 Å². The Kier molecular flexibility index (Phi) is 5.88. The van der Waals surface area contributed by atoms with Crippen LogP contribution in [0.5, 0.6) is 0 Å². The number of carbonyl (C=O) groups is 2. The van der Waals surface area contributed by atoms with Gasteiger partial charge in [0.2, 0.25) is 11.8 Å². The van der Waals surface area contributed by atoms with E-state index in [0.717, 1.165) is 5.56 Å². The molecule has 0 atom stereocenters. The van der Waals surface area contributed by atoms with Crippen molar-refractivity contribution in [2.24, 2.45) is 5.41 Å². The van der Waals surface area contributed by atoms with Gasteiger partial charge in [0.1, 0.15) is 11.2 Å². The largest absolute Gasteiger partial charge is 0.355 e. The van der Waals surface area contributed by atoms with E-state index in [2.05, 4.69) is 10.6 Å². The Hall–Kier alpha value is -1.91. The lowest BCUT2D eigenvalue weighted by molar-refractivity contribution is -0.141. The van der Waals surface area contributed by atoms with E-state index >= 15 is 0 Å². The van der Waals surface area contributed by atoms with Crippen molar-refractivity contribution >= 4 is 11.8 Å². The van der Waals surface area contributed by atoms with Crippen molar-refractivity contribution in [3.63, 3.8) is 0 Å². The molecule has 0 saturated carbocycles. The van der Waals surface area contributed by atoms with Crippen LogP contribution in [0, 0.1) is 11.2 Å². The van der Waals surface area contributed by atoms with E-state index < -0.39 is 5.41 Å². The molecule has 0 unspecified atom stereocenters. The zero-order valence-corrected chi connectivity index (χ0v) is 13.0. The van der Waals surface area contributed by atoms with Gasteiger partial charge in [-0.3, -0.25) is 9.59 Å². The zero-order chi connectivity index (χ0) is 16.0. The van der Waals surface area contributed by atoms with Crippen LogP contribution in [0.4, 0.5) is 4.39 Å². The lowest BCUT2D eigenvalue weighted by Gasteiger charge is -2.24. The molecule has 1 aromatic rings. The summed E-state index contributed by atoms with van der Waals surface area (Å²) in [5.41, 5.74) is -0.186. The highest BCUT2D eigenvalue weighted by molar-refractivity contribution is 6.04. The average molecular weight is 294 g/mol. The predicted octanol–water partition coefficient (Wildman–Crippen LogP) is 2.04. The molecule has 0 aromatic heterocycles. The minimum atomic E-state index is -1.12. The fourth-order valence-electron chi connectivity index (χ4n) is 1.74. The van der Waals surface area contributed by atoms with Crippen LogP contribution in [0.2, 0.25) is 0 Å². The highest BCUT2D eigenvalue weighted by Gasteiger charge is 2.35. The molecule has 0 spiro atoms. The van der Waals surface area contributed by atoms with Gasteiger partial charge in [-0.05, 0) is 51.8 Å². The third kappa shape index (κ3) is 5.17. The van der Waals surface area contributed by atoms with Crippen LogP contribution in [0.25, 0.3) is 0 Å². The molecule has 0 bridgehead atoms. The Labute approximate surface area is 125 Å². The third-order valence-corrected chi connectivity index (χ3v) is 3.17. The van der Waals surface area contributed by atoms with Gasteiger partial charge in [0.25, 0.3) is 0 Å². The first kappa shape index (κ1) is 17.1. The van der Waals surface area contributed by atoms with Gasteiger partial charge in [0, 0.05) is 12.6 Å². The molecule has 0 aliphatic rings. The molecule has 0 fully saturated rings. The van der Waals surface area contributed by atoms with E-state index in [9.17, 15) is 14.0 Å². The predicted molar refractivity (Wildman–Crippen MR) is 80.2 cm³/mol. The summed E-state index contributed by atoms with van der Waals surface area (Å²) in [7, 11) is 0. The first-order valence-electron chi connectivity index (χ1n) is 7.07. The Morgan fingerprint density at radius 2 is 1.71 bits per heavy atom. The summed E-state index contributed by atoms with van der Waals surface area (Å²) >= 11 is 0. The summed E-state index contributed by atoms with van der Waals surface area (Å²) in [6.07, 6.45) is 0.591. The van der Waals surface area contributed by atoms with Gasteiger partial charge in [-0.25, -0.2) is 4.39 Å². The molecule has 2 N–H and O–H groups in total. The molecular formula is C16H23FN2O2. The number of benzene rings is 1. The SMILES string of the molecule is CC(C)NC(=O)C(C)(C)C(=O)NCCc1ccc(F)cc1. The van der Waals surface area contributed by atoms with Gasteiger partial charge < -0.3 is 10.6 Å². The Morgan fingerprint density at radius 1 is 1.14 bits per heavy atom. The summed E-state index contributed by atoms with van der Waals surface area (Å²) < 4.78 is 12.8. The van der Waals surface area contributed by atoms with Crippen LogP contribution < -0.4 is 10.6 Å². The second-order valence-corrected chi connectivity index (χ2v) is 5.89. The number of carbonyl (C=O) groups excluding carboxylic acids is 2. The van der Waals surface area contributed by atoms with Crippen molar-refractivity contribution in [3.05, 3.63) is 35.6 Å². The van der Waals surface area contributed by atoms with Crippen molar-refractivity contribution in [2.75, 3.05) is 6.54 Å². The maximum absolute atomic E-state index is 12.8. The number of hydrogen-bond donors (Lipinski definition) is 2. The maximum atomic E-state index is 12.8. The average Bonchev–Trinajstić information content (AvgIpc) is 2.40. The number of rotatable bonds is 6. The van der Waals surface area contributed by atoms with Crippen LogP contribution in [0.1, 0.15) is 33.3 Å². The summed E-state index contributed by atoms with van der Waals surface area (Å²) in [5, 5.41) is 5.48. The number of amides is 2. The Balaban J connectivity index is 2.48. The second-order valence-electron chi connectivity index (χ2n) is 5.89. The lowest BCUT2D eigenvalue weighted by Crippen LogP contribution is -2.49. The summed E-state index contributed by atoms with van der Waals surface area (Å²) in [4.78, 5) is 24.1. The molecule has 2 amide bonds. The second kappa shape index (κ2) is 7.20. The standard InChI is InChI=1S/C16H23FN2O2/c1-11(2)19-15(21)16(3,4)14(20)18-10-9-12-5-7-13(17)8-6-12/h5-8,11H,9-10H2,1-4H3,(H,18,20)(H,19,21). The summed E-state index contributed by atoms with van der Waals surface area (Å²) in [6, 6.07) is 6.12. The van der Waals surface area contributed by atoms with Crippen molar-refractivity contribution in [1.82, 2.24) is 10.6 Å². The topological polar surface area (TPSA) is 58.2 Å². The van der Waals surface area contributed by atoms with E-state index in [1.54, 1.807) is 26.0 Å². The van der Waals surface area contributed by atoms with Gasteiger partial charge in [0.05, 0.1) is 0 Å². The van der Waals surface area contributed by atoms with Gasteiger partial charge in [0.15, 0.2) is 0 Å². The van der Waals surface area contributed by atoms with E-state index in [1.165, 1.54) is 12.1 Å². The molecule has 1 aromatic carbocycles. The Morgan fingerprint density at radius 3 is 2.24 bits per heavy atom. The quantitative estimate of drug-likeness (QED) is 0.789. The fourth-order valence-corrected chi connectivity index (χ4v) is 1.74. The van der Waals surface area contributed by atoms with Crippen LogP contribution in [0.3, 0.4) is 0 Å². The smallest absolute Gasteiger partial charge is 0.235 e. The van der Waals surface area contributed by atoms with Crippen LogP contribution >= 0.6 is 0 Å². The van der Waals surface area contributed by atoms with Crippen molar-refractivity contribution in [2.45, 2.75) is 40.2 Å². The third-order valence-electron chi connectivity index (χ3n) is 3.17. The molecule has 0 heterocycles. The molecule has 0 aliphatic carbocycles. The number of nitrogens with one attached hydrogen (secondary N) is 2. The van der Waals surface area contributed by atoms with Gasteiger partial charge in [-0.15, -0.1) is 0 Å². The maximum Gasteiger partial charge on any atom is 0.235 e. The molecule has 1 rings (SSSR count). The van der Waals surface area contributed by atoms with E-state index in [1.807, 2.05) is 13.8 Å². The van der Waals surface area contributed by atoms with Gasteiger partial charge in [-0.2, -0.15) is 0 Å². The lowest BCUT2D eigenvalue weighted by atomic mass is 9.90. The van der Waals surface area contributed by atoms with E-state index in [4.69, 9.17) is 0 Å². The Bertz CT molecular complexity index is 496. The van der Waals surface area contributed by atoms with Gasteiger partial charge in [-0.1, -0.05) is 12.1 Å². The van der Waals surface area contributed by atoms with E-state index in [0.29, 0.717) is 13.0 Å². The summed E-state index contributed by atoms with van der Waals surface area (Å²) in [5.74, 6) is -0.895. The minimum absolute atomic E-state index is 0.0104. The molecule has 0 aliphatic heterocycles. The monoisotopic (exact) mass is 294 g/mol. The van der Waals surface area contributed by atoms with Crippen LogP contribution in [0.15, 0.2) is 24.3 Å². The number of halogens is 1. The summed E-state index contributed by atoms with van der Waals surface area (Å²) in [6.45, 7) is 7.29. The number of hydrogen-bond acceptors (Lipinski definition) is 2. The first-order chi connectivity index (χ1) is 9.73. The molecule has 21 heavy (non-hydrogen) atoms. The molecule has 0 saturated heterocycles. The first-order valence-corrected chi connectivity index (χ1v) is 7.07. The fraction of sp³-hybridized carbons (Fsp3) is 0.500. The molecule has 116 valence electrons. The van der Waals surface area contributed by atoms with E-state index in [-0.39, 0.29) is 23.7 Å². The van der Waals surface area contributed by atoms with Crippen LogP contribution in [-0.2, 0) is 16.0 Å². The van der Waals surface area contributed by atoms with Crippen molar-refractivity contribution in [1.29, 1.82) is 0 Å². The molecular weight excluding hydrogens is 271 g/mol. The highest BCUT2D eigenvalue weighted by atomic mass is 19.1.